The first-order chi connectivity index (χ1) is 9.09. The van der Waals surface area contributed by atoms with Crippen LogP contribution in [0.5, 0.6) is 0 Å². The Morgan fingerprint density at radius 1 is 1.11 bits per heavy atom. The summed E-state index contributed by atoms with van der Waals surface area (Å²) in [5.74, 6) is 0. The van der Waals surface area contributed by atoms with E-state index >= 15 is 0 Å². The topological polar surface area (TPSA) is 32.5 Å². The molecule has 1 aromatic carbocycles. The van der Waals surface area contributed by atoms with E-state index in [2.05, 4.69) is 55.0 Å². The molecule has 0 aromatic heterocycles. The summed E-state index contributed by atoms with van der Waals surface area (Å²) in [6.45, 7) is 8.90. The van der Waals surface area contributed by atoms with Gasteiger partial charge in [0.1, 0.15) is 0 Å². The molecule has 2 rings (SSSR count). The third-order valence-corrected chi connectivity index (χ3v) is 4.15. The average molecular weight is 261 g/mol. The Hall–Kier alpha value is -0.900. The molecular weight excluding hydrogens is 234 g/mol. The summed E-state index contributed by atoms with van der Waals surface area (Å²) in [6.07, 6.45) is 1.23. The molecule has 106 valence electrons. The van der Waals surface area contributed by atoms with Crippen molar-refractivity contribution in [1.82, 2.24) is 9.80 Å². The average Bonchev–Trinajstić information content (AvgIpc) is 2.57. The summed E-state index contributed by atoms with van der Waals surface area (Å²) in [4.78, 5) is 4.98. The first-order valence-electron chi connectivity index (χ1n) is 7.33. The van der Waals surface area contributed by atoms with Crippen molar-refractivity contribution in [3.05, 3.63) is 35.4 Å². The maximum absolute atomic E-state index is 6.30. The smallest absolute Gasteiger partial charge is 0.0499 e. The lowest BCUT2D eigenvalue weighted by Gasteiger charge is -2.34. The number of hydrogen-bond acceptors (Lipinski definition) is 3. The molecule has 2 N–H and O–H groups in total. The molecule has 3 nitrogen and oxygen atoms in total. The molecule has 0 bridgehead atoms. The molecule has 2 unspecified atom stereocenters. The van der Waals surface area contributed by atoms with Crippen molar-refractivity contribution in [2.75, 3.05) is 33.2 Å². The second-order valence-corrected chi connectivity index (χ2v) is 5.85. The second-order valence-electron chi connectivity index (χ2n) is 5.85. The van der Waals surface area contributed by atoms with Crippen LogP contribution in [0.1, 0.15) is 30.5 Å². The van der Waals surface area contributed by atoms with E-state index in [0.717, 1.165) is 19.6 Å². The highest BCUT2D eigenvalue weighted by Crippen LogP contribution is 2.27. The molecule has 1 saturated heterocycles. The zero-order valence-corrected chi connectivity index (χ0v) is 12.5. The summed E-state index contributed by atoms with van der Waals surface area (Å²) >= 11 is 0. The zero-order chi connectivity index (χ0) is 13.8. The van der Waals surface area contributed by atoms with Crippen LogP contribution in [0.2, 0.25) is 0 Å². The van der Waals surface area contributed by atoms with Crippen LogP contribution in [0, 0.1) is 6.92 Å². The van der Waals surface area contributed by atoms with Gasteiger partial charge in [0.05, 0.1) is 0 Å². The van der Waals surface area contributed by atoms with Crippen molar-refractivity contribution in [2.24, 2.45) is 5.73 Å². The van der Waals surface area contributed by atoms with E-state index in [-0.39, 0.29) is 6.04 Å². The van der Waals surface area contributed by atoms with Gasteiger partial charge in [0.2, 0.25) is 0 Å². The van der Waals surface area contributed by atoms with E-state index in [1.54, 1.807) is 0 Å². The SMILES string of the molecule is Cc1ccccc1C(C(C)N)N1CCCN(C)CC1. The molecule has 1 fully saturated rings. The molecule has 19 heavy (non-hydrogen) atoms. The highest BCUT2D eigenvalue weighted by molar-refractivity contribution is 5.30. The number of nitrogens with zero attached hydrogens (tertiary/aromatic N) is 2. The third-order valence-electron chi connectivity index (χ3n) is 4.15. The highest BCUT2D eigenvalue weighted by atomic mass is 15.2. The van der Waals surface area contributed by atoms with Crippen molar-refractivity contribution in [3.8, 4) is 0 Å². The number of hydrogen-bond donors (Lipinski definition) is 1. The monoisotopic (exact) mass is 261 g/mol. The number of aryl methyl sites for hydroxylation is 1. The third kappa shape index (κ3) is 3.56. The van der Waals surface area contributed by atoms with Gasteiger partial charge in [-0.05, 0) is 45.0 Å². The van der Waals surface area contributed by atoms with Crippen LogP contribution in [0.25, 0.3) is 0 Å². The van der Waals surface area contributed by atoms with Gasteiger partial charge < -0.3 is 10.6 Å². The maximum Gasteiger partial charge on any atom is 0.0499 e. The summed E-state index contributed by atoms with van der Waals surface area (Å²) in [5, 5.41) is 0. The fourth-order valence-corrected chi connectivity index (χ4v) is 3.08. The highest BCUT2D eigenvalue weighted by Gasteiger charge is 2.26. The largest absolute Gasteiger partial charge is 0.326 e. The summed E-state index contributed by atoms with van der Waals surface area (Å²) in [6, 6.07) is 9.15. The van der Waals surface area contributed by atoms with Crippen molar-refractivity contribution >= 4 is 0 Å². The molecule has 1 aliphatic heterocycles. The van der Waals surface area contributed by atoms with Crippen LogP contribution in [-0.2, 0) is 0 Å². The normalized spacial score (nSPS) is 21.9. The molecule has 0 amide bonds. The predicted octanol–water partition coefficient (Wildman–Crippen LogP) is 2.02. The predicted molar refractivity (Wildman–Crippen MR) is 81.3 cm³/mol. The fourth-order valence-electron chi connectivity index (χ4n) is 3.08. The molecule has 2 atom stereocenters. The Bertz CT molecular complexity index is 403. The van der Waals surface area contributed by atoms with Crippen molar-refractivity contribution < 1.29 is 0 Å². The minimum Gasteiger partial charge on any atom is -0.326 e. The van der Waals surface area contributed by atoms with E-state index in [1.165, 1.54) is 24.1 Å². The Morgan fingerprint density at radius 3 is 2.53 bits per heavy atom. The molecule has 1 aromatic rings. The molecule has 0 aliphatic carbocycles. The second kappa shape index (κ2) is 6.51. The van der Waals surface area contributed by atoms with Gasteiger partial charge in [-0.25, -0.2) is 0 Å². The molecule has 3 heteroatoms. The number of likely N-dealkylation sites (N-methyl/N-ethyl adjacent to an activating group) is 1. The van der Waals surface area contributed by atoms with E-state index in [0.29, 0.717) is 6.04 Å². The molecule has 0 spiro atoms. The van der Waals surface area contributed by atoms with E-state index in [1.807, 2.05) is 0 Å². The minimum atomic E-state index is 0.157. The fraction of sp³-hybridized carbons (Fsp3) is 0.625. The van der Waals surface area contributed by atoms with Gasteiger partial charge in [-0.15, -0.1) is 0 Å². The van der Waals surface area contributed by atoms with Crippen LogP contribution in [-0.4, -0.2) is 49.1 Å². The van der Waals surface area contributed by atoms with Crippen LogP contribution in [0.3, 0.4) is 0 Å². The van der Waals surface area contributed by atoms with Crippen molar-refractivity contribution in [2.45, 2.75) is 32.4 Å². The zero-order valence-electron chi connectivity index (χ0n) is 12.5. The van der Waals surface area contributed by atoms with E-state index in [9.17, 15) is 0 Å². The minimum absolute atomic E-state index is 0.157. The lowest BCUT2D eigenvalue weighted by molar-refractivity contribution is 0.182. The Balaban J connectivity index is 2.23. The van der Waals surface area contributed by atoms with Crippen molar-refractivity contribution in [1.29, 1.82) is 0 Å². The van der Waals surface area contributed by atoms with Crippen LogP contribution < -0.4 is 5.73 Å². The summed E-state index contributed by atoms with van der Waals surface area (Å²) in [5.41, 5.74) is 9.04. The van der Waals surface area contributed by atoms with Gasteiger partial charge in [-0.3, -0.25) is 4.90 Å². The number of benzene rings is 1. The molecule has 1 aliphatic rings. The van der Waals surface area contributed by atoms with Gasteiger partial charge in [0.25, 0.3) is 0 Å². The molecule has 1 heterocycles. The first-order valence-corrected chi connectivity index (χ1v) is 7.33. The number of nitrogens with two attached hydrogens (primary N) is 1. The standard InChI is InChI=1S/C16H27N3/c1-13-7-4-5-8-15(13)16(14(2)17)19-10-6-9-18(3)11-12-19/h4-5,7-8,14,16H,6,9-12,17H2,1-3H3. The van der Waals surface area contributed by atoms with E-state index in [4.69, 9.17) is 5.73 Å². The van der Waals surface area contributed by atoms with Crippen molar-refractivity contribution in [3.63, 3.8) is 0 Å². The van der Waals surface area contributed by atoms with Gasteiger partial charge in [0, 0.05) is 31.7 Å². The van der Waals surface area contributed by atoms with Crippen LogP contribution in [0.15, 0.2) is 24.3 Å². The molecular formula is C16H27N3. The lowest BCUT2D eigenvalue weighted by Crippen LogP contribution is -2.41. The lowest BCUT2D eigenvalue weighted by atomic mass is 9.95. The Morgan fingerprint density at radius 2 is 1.84 bits per heavy atom. The molecule has 0 saturated carbocycles. The quantitative estimate of drug-likeness (QED) is 0.903. The Kier molecular flexibility index (Phi) is 4.97. The summed E-state index contributed by atoms with van der Waals surface area (Å²) < 4.78 is 0. The van der Waals surface area contributed by atoms with Gasteiger partial charge >= 0.3 is 0 Å². The van der Waals surface area contributed by atoms with Gasteiger partial charge in [-0.1, -0.05) is 24.3 Å². The van der Waals surface area contributed by atoms with Gasteiger partial charge in [-0.2, -0.15) is 0 Å². The first kappa shape index (κ1) is 14.5. The van der Waals surface area contributed by atoms with Crippen LogP contribution >= 0.6 is 0 Å². The maximum atomic E-state index is 6.30. The Labute approximate surface area is 117 Å². The van der Waals surface area contributed by atoms with E-state index < -0.39 is 0 Å². The summed E-state index contributed by atoms with van der Waals surface area (Å²) in [7, 11) is 2.21. The molecule has 0 radical (unpaired) electrons. The number of rotatable bonds is 3. The van der Waals surface area contributed by atoms with Gasteiger partial charge in [0.15, 0.2) is 0 Å². The van der Waals surface area contributed by atoms with Crippen LogP contribution in [0.4, 0.5) is 0 Å².